The van der Waals surface area contributed by atoms with Crippen molar-refractivity contribution in [2.24, 2.45) is 0 Å². The van der Waals surface area contributed by atoms with Gasteiger partial charge in [0.05, 0.1) is 24.4 Å². The molecular weight excluding hydrogens is 320 g/mol. The van der Waals surface area contributed by atoms with Crippen molar-refractivity contribution >= 4 is 17.4 Å². The van der Waals surface area contributed by atoms with Crippen LogP contribution in [0, 0.1) is 0 Å². The second-order valence-corrected chi connectivity index (χ2v) is 6.22. The molecule has 2 heterocycles. The molecule has 1 aromatic carbocycles. The fraction of sp³-hybridized carbons (Fsp3) is 0.263. The lowest BCUT2D eigenvalue weighted by Gasteiger charge is -2.26. The number of Topliss-reactive ketones (excluding diaryl/α,β-unsaturated/α-hetero) is 1. The van der Waals surface area contributed by atoms with E-state index in [0.717, 1.165) is 11.3 Å². The predicted octanol–water partition coefficient (Wildman–Crippen LogP) is 2.83. The zero-order valence-corrected chi connectivity index (χ0v) is 14.4. The molecule has 0 aliphatic carbocycles. The highest BCUT2D eigenvalue weighted by Gasteiger charge is 2.42. The van der Waals surface area contributed by atoms with Gasteiger partial charge in [0.25, 0.3) is 5.91 Å². The molecule has 3 rings (SSSR count). The summed E-state index contributed by atoms with van der Waals surface area (Å²) in [6, 6.07) is 10.4. The van der Waals surface area contributed by atoms with Gasteiger partial charge in [-0.2, -0.15) is 0 Å². The quantitative estimate of drug-likeness (QED) is 0.906. The van der Waals surface area contributed by atoms with Crippen molar-refractivity contribution < 1.29 is 19.1 Å². The molecule has 1 atom stereocenters. The molecule has 1 aliphatic heterocycles. The van der Waals surface area contributed by atoms with Crippen LogP contribution in [0.4, 0.5) is 5.69 Å². The number of nitrogens with zero attached hydrogens (tertiary/aromatic N) is 2. The van der Waals surface area contributed by atoms with Crippen LogP contribution in [0.1, 0.15) is 24.3 Å². The molecule has 0 radical (unpaired) electrons. The molecule has 0 bridgehead atoms. The third-order valence-corrected chi connectivity index (χ3v) is 4.31. The van der Waals surface area contributed by atoms with Gasteiger partial charge in [-0.15, -0.1) is 0 Å². The molecule has 1 unspecified atom stereocenters. The highest BCUT2D eigenvalue weighted by atomic mass is 16.3. The molecule has 1 aromatic heterocycles. The van der Waals surface area contributed by atoms with E-state index in [9.17, 15) is 14.7 Å². The average molecular weight is 340 g/mol. The lowest BCUT2D eigenvalue weighted by atomic mass is 9.96. The molecule has 25 heavy (non-hydrogen) atoms. The van der Waals surface area contributed by atoms with E-state index in [1.807, 2.05) is 43.3 Å². The van der Waals surface area contributed by atoms with Gasteiger partial charge in [-0.1, -0.05) is 12.1 Å². The van der Waals surface area contributed by atoms with Crippen molar-refractivity contribution in [1.29, 1.82) is 0 Å². The van der Waals surface area contributed by atoms with Crippen LogP contribution in [0.15, 0.2) is 58.4 Å². The van der Waals surface area contributed by atoms with E-state index in [1.54, 1.807) is 12.1 Å². The summed E-state index contributed by atoms with van der Waals surface area (Å²) >= 11 is 0. The maximum atomic E-state index is 12.5. The van der Waals surface area contributed by atoms with Gasteiger partial charge in [0, 0.05) is 19.8 Å². The van der Waals surface area contributed by atoms with E-state index >= 15 is 0 Å². The average Bonchev–Trinajstić information content (AvgIpc) is 3.17. The fourth-order valence-electron chi connectivity index (χ4n) is 3.05. The largest absolute Gasteiger partial charge is 0.503 e. The number of rotatable bonds is 5. The van der Waals surface area contributed by atoms with Crippen LogP contribution >= 0.6 is 0 Å². The summed E-state index contributed by atoms with van der Waals surface area (Å²) in [6.07, 6.45) is 1.52. The highest BCUT2D eigenvalue weighted by molar-refractivity contribution is 6.08. The maximum absolute atomic E-state index is 12.5. The summed E-state index contributed by atoms with van der Waals surface area (Å²) < 4.78 is 5.32. The van der Waals surface area contributed by atoms with Gasteiger partial charge in [-0.05, 0) is 36.8 Å². The Balaban J connectivity index is 2.02. The Morgan fingerprint density at radius 3 is 2.44 bits per heavy atom. The number of carbonyl (C=O) groups is 2. The highest BCUT2D eigenvalue weighted by Crippen LogP contribution is 2.39. The molecule has 130 valence electrons. The Bertz CT molecular complexity index is 820. The van der Waals surface area contributed by atoms with Gasteiger partial charge in [0.15, 0.2) is 11.5 Å². The van der Waals surface area contributed by atoms with Crippen LogP contribution in [0.2, 0.25) is 0 Å². The lowest BCUT2D eigenvalue weighted by Crippen LogP contribution is -2.30. The standard InChI is InChI=1S/C19H20N2O4/c1-12(22)16-17(13-6-8-14(9-7-13)20(2)3)21(19(24)18(16)23)11-15-5-4-10-25-15/h4-10,17,23H,11H2,1-3H3. The number of benzene rings is 1. The molecule has 0 saturated heterocycles. The van der Waals surface area contributed by atoms with Crippen LogP contribution in [0.5, 0.6) is 0 Å². The first-order valence-corrected chi connectivity index (χ1v) is 7.95. The number of ketones is 1. The van der Waals surface area contributed by atoms with E-state index in [-0.39, 0.29) is 17.9 Å². The van der Waals surface area contributed by atoms with Crippen molar-refractivity contribution in [2.75, 3.05) is 19.0 Å². The van der Waals surface area contributed by atoms with Crippen LogP contribution in [-0.4, -0.2) is 35.8 Å². The molecule has 1 aliphatic rings. The van der Waals surface area contributed by atoms with Crippen LogP contribution < -0.4 is 4.90 Å². The number of amides is 1. The minimum absolute atomic E-state index is 0.120. The Labute approximate surface area is 146 Å². The lowest BCUT2D eigenvalue weighted by molar-refractivity contribution is -0.130. The smallest absolute Gasteiger partial charge is 0.290 e. The van der Waals surface area contributed by atoms with Crippen molar-refractivity contribution in [3.05, 3.63) is 65.3 Å². The molecule has 1 amide bonds. The van der Waals surface area contributed by atoms with Crippen molar-refractivity contribution in [2.45, 2.75) is 19.5 Å². The van der Waals surface area contributed by atoms with Gasteiger partial charge in [-0.3, -0.25) is 9.59 Å². The second-order valence-electron chi connectivity index (χ2n) is 6.22. The van der Waals surface area contributed by atoms with Crippen LogP contribution in [0.25, 0.3) is 0 Å². The van der Waals surface area contributed by atoms with Crippen molar-refractivity contribution in [3.63, 3.8) is 0 Å². The first-order valence-electron chi connectivity index (χ1n) is 7.95. The molecule has 2 aromatic rings. The Morgan fingerprint density at radius 2 is 1.92 bits per heavy atom. The minimum Gasteiger partial charge on any atom is -0.503 e. The van der Waals surface area contributed by atoms with E-state index in [2.05, 4.69) is 0 Å². The number of aliphatic hydroxyl groups excluding tert-OH is 1. The summed E-state index contributed by atoms with van der Waals surface area (Å²) in [6.45, 7) is 1.53. The van der Waals surface area contributed by atoms with Gasteiger partial charge in [-0.25, -0.2) is 0 Å². The van der Waals surface area contributed by atoms with Crippen molar-refractivity contribution in [3.8, 4) is 0 Å². The summed E-state index contributed by atoms with van der Waals surface area (Å²) in [5.41, 5.74) is 1.89. The fourth-order valence-corrected chi connectivity index (χ4v) is 3.05. The minimum atomic E-state index is -0.633. The Morgan fingerprint density at radius 1 is 1.24 bits per heavy atom. The number of carbonyl (C=O) groups excluding carboxylic acids is 2. The van der Waals surface area contributed by atoms with E-state index < -0.39 is 17.7 Å². The van der Waals surface area contributed by atoms with Gasteiger partial charge < -0.3 is 19.3 Å². The monoisotopic (exact) mass is 340 g/mol. The molecule has 0 saturated carbocycles. The predicted molar refractivity (Wildman–Crippen MR) is 93.1 cm³/mol. The molecule has 6 heteroatoms. The maximum Gasteiger partial charge on any atom is 0.290 e. The molecule has 0 fully saturated rings. The van der Waals surface area contributed by atoms with Gasteiger partial charge >= 0.3 is 0 Å². The second kappa shape index (κ2) is 6.47. The Hall–Kier alpha value is -3.02. The van der Waals surface area contributed by atoms with Gasteiger partial charge in [0.2, 0.25) is 0 Å². The number of anilines is 1. The van der Waals surface area contributed by atoms with Crippen LogP contribution in [0.3, 0.4) is 0 Å². The number of furan rings is 1. The summed E-state index contributed by atoms with van der Waals surface area (Å²) in [4.78, 5) is 28.0. The topological polar surface area (TPSA) is 74.0 Å². The zero-order valence-electron chi connectivity index (χ0n) is 14.4. The van der Waals surface area contributed by atoms with Gasteiger partial charge in [0.1, 0.15) is 5.76 Å². The van der Waals surface area contributed by atoms with E-state index in [4.69, 9.17) is 4.42 Å². The number of aliphatic hydroxyl groups is 1. The summed E-state index contributed by atoms with van der Waals surface area (Å²) in [7, 11) is 3.87. The molecular formula is C19H20N2O4. The number of hydrogen-bond acceptors (Lipinski definition) is 5. The first-order chi connectivity index (χ1) is 11.9. The first kappa shape index (κ1) is 16.8. The summed E-state index contributed by atoms with van der Waals surface area (Å²) in [5, 5.41) is 10.2. The summed E-state index contributed by atoms with van der Waals surface area (Å²) in [5.74, 6) is -0.792. The molecule has 0 spiro atoms. The van der Waals surface area contributed by atoms with Crippen LogP contribution in [-0.2, 0) is 16.1 Å². The number of hydrogen-bond donors (Lipinski definition) is 1. The third kappa shape index (κ3) is 3.03. The normalized spacial score (nSPS) is 17.3. The third-order valence-electron chi connectivity index (χ3n) is 4.31. The molecule has 6 nitrogen and oxygen atoms in total. The van der Waals surface area contributed by atoms with E-state index in [0.29, 0.717) is 5.76 Å². The van der Waals surface area contributed by atoms with E-state index in [1.165, 1.54) is 18.1 Å². The Kier molecular flexibility index (Phi) is 4.35. The van der Waals surface area contributed by atoms with Crippen molar-refractivity contribution in [1.82, 2.24) is 4.90 Å². The zero-order chi connectivity index (χ0) is 18.1. The molecule has 1 N–H and O–H groups in total. The SMILES string of the molecule is CC(=O)C1=C(O)C(=O)N(Cc2ccco2)C1c1ccc(N(C)C)cc1.